The predicted molar refractivity (Wildman–Crippen MR) is 119 cm³/mol. The monoisotopic (exact) mass is 422 g/mol. The minimum absolute atomic E-state index is 0.179. The molecule has 2 N–H and O–H groups in total. The van der Waals surface area contributed by atoms with Crippen molar-refractivity contribution in [3.63, 3.8) is 0 Å². The highest BCUT2D eigenvalue weighted by atomic mass is 16.2. The van der Waals surface area contributed by atoms with E-state index in [9.17, 15) is 14.4 Å². The molecule has 1 aliphatic carbocycles. The van der Waals surface area contributed by atoms with Gasteiger partial charge in [-0.25, -0.2) is 4.79 Å². The lowest BCUT2D eigenvalue weighted by atomic mass is 9.67. The zero-order chi connectivity index (χ0) is 22.4. The van der Waals surface area contributed by atoms with Gasteiger partial charge in [0.2, 0.25) is 5.91 Å². The molecule has 4 amide bonds. The number of amides is 4. The van der Waals surface area contributed by atoms with E-state index < -0.39 is 17.5 Å². The second-order valence-electron chi connectivity index (χ2n) is 9.92. The first-order valence-corrected chi connectivity index (χ1v) is 10.9. The summed E-state index contributed by atoms with van der Waals surface area (Å²) < 4.78 is 0. The molecule has 1 aliphatic heterocycles. The molecule has 1 aromatic heterocycles. The normalized spacial score (nSPS) is 24.0. The first kappa shape index (κ1) is 21.3. The lowest BCUT2D eigenvalue weighted by Crippen LogP contribution is -2.50. The first-order valence-electron chi connectivity index (χ1n) is 10.9. The minimum atomic E-state index is -0.862. The molecule has 2 heterocycles. The average Bonchev–Trinajstić information content (AvgIpc) is 2.94. The molecule has 7 heteroatoms. The Balaban J connectivity index is 1.46. The molecule has 164 valence electrons. The number of fused-ring (bicyclic) bond motifs is 1. The van der Waals surface area contributed by atoms with E-state index in [4.69, 9.17) is 0 Å². The van der Waals surface area contributed by atoms with Crippen molar-refractivity contribution in [3.8, 4) is 0 Å². The maximum Gasteiger partial charge on any atom is 0.325 e. The summed E-state index contributed by atoms with van der Waals surface area (Å²) in [6.07, 6.45) is 4.72. The summed E-state index contributed by atoms with van der Waals surface area (Å²) >= 11 is 0. The quantitative estimate of drug-likeness (QED) is 0.731. The molecular weight excluding hydrogens is 392 g/mol. The van der Waals surface area contributed by atoms with Gasteiger partial charge in [0.1, 0.15) is 12.1 Å². The van der Waals surface area contributed by atoms with Crippen molar-refractivity contribution in [2.45, 2.75) is 58.9 Å². The number of carbonyl (C=O) groups is 3. The Morgan fingerprint density at radius 3 is 2.61 bits per heavy atom. The zero-order valence-electron chi connectivity index (χ0n) is 18.6. The summed E-state index contributed by atoms with van der Waals surface area (Å²) in [5.41, 5.74) is 1.75. The highest BCUT2D eigenvalue weighted by molar-refractivity contribution is 6.11. The molecule has 2 fully saturated rings. The molecule has 7 nitrogen and oxygen atoms in total. The summed E-state index contributed by atoms with van der Waals surface area (Å²) in [6, 6.07) is 6.93. The van der Waals surface area contributed by atoms with Crippen LogP contribution in [0, 0.1) is 18.3 Å². The number of hydrogen-bond acceptors (Lipinski definition) is 4. The van der Waals surface area contributed by atoms with Crippen LogP contribution in [-0.2, 0) is 9.59 Å². The van der Waals surface area contributed by atoms with Gasteiger partial charge >= 0.3 is 6.03 Å². The number of anilines is 1. The van der Waals surface area contributed by atoms with Crippen molar-refractivity contribution in [2.24, 2.45) is 11.3 Å². The van der Waals surface area contributed by atoms with Crippen LogP contribution >= 0.6 is 0 Å². The number of aryl methyl sites for hydroxylation is 1. The molecule has 2 aromatic rings. The zero-order valence-corrected chi connectivity index (χ0v) is 18.6. The van der Waals surface area contributed by atoms with Crippen LogP contribution in [0.4, 0.5) is 10.5 Å². The molecule has 1 aromatic carbocycles. The number of pyridine rings is 1. The van der Waals surface area contributed by atoms with Gasteiger partial charge in [-0.05, 0) is 67.7 Å². The summed E-state index contributed by atoms with van der Waals surface area (Å²) in [4.78, 5) is 43.9. The van der Waals surface area contributed by atoms with Crippen molar-refractivity contribution < 1.29 is 14.4 Å². The number of nitrogens with zero attached hydrogens (tertiary/aromatic N) is 2. The van der Waals surface area contributed by atoms with Crippen LogP contribution in [0.25, 0.3) is 10.9 Å². The van der Waals surface area contributed by atoms with E-state index in [0.717, 1.165) is 34.2 Å². The molecular formula is C24H30N4O3. The minimum Gasteiger partial charge on any atom is -0.324 e. The van der Waals surface area contributed by atoms with E-state index in [0.29, 0.717) is 24.4 Å². The topological polar surface area (TPSA) is 91.4 Å². The molecule has 1 saturated heterocycles. The van der Waals surface area contributed by atoms with E-state index in [-0.39, 0.29) is 17.9 Å². The number of nitrogens with one attached hydrogen (secondary N) is 2. The van der Waals surface area contributed by atoms with E-state index in [2.05, 4.69) is 36.4 Å². The third kappa shape index (κ3) is 3.89. The van der Waals surface area contributed by atoms with Gasteiger partial charge in [-0.3, -0.25) is 19.5 Å². The Labute approximate surface area is 182 Å². The number of rotatable bonds is 3. The summed E-state index contributed by atoms with van der Waals surface area (Å²) in [5, 5.41) is 6.56. The third-order valence-corrected chi connectivity index (χ3v) is 6.86. The number of urea groups is 1. The van der Waals surface area contributed by atoms with Gasteiger partial charge in [0.05, 0.1) is 11.2 Å². The first-order chi connectivity index (χ1) is 14.6. The van der Waals surface area contributed by atoms with E-state index in [1.54, 1.807) is 6.20 Å². The molecule has 4 rings (SSSR count). The molecule has 1 saturated carbocycles. The van der Waals surface area contributed by atoms with Crippen LogP contribution in [0.3, 0.4) is 0 Å². The van der Waals surface area contributed by atoms with E-state index >= 15 is 0 Å². The smallest absolute Gasteiger partial charge is 0.324 e. The second-order valence-corrected chi connectivity index (χ2v) is 9.92. The molecule has 1 spiro atoms. The van der Waals surface area contributed by atoms with Gasteiger partial charge in [-0.2, -0.15) is 0 Å². The summed E-state index contributed by atoms with van der Waals surface area (Å²) in [6.45, 7) is 8.30. The lowest BCUT2D eigenvalue weighted by molar-refractivity contribution is -0.135. The van der Waals surface area contributed by atoms with Gasteiger partial charge < -0.3 is 10.6 Å². The van der Waals surface area contributed by atoms with Crippen LogP contribution in [-0.4, -0.2) is 39.8 Å². The fourth-order valence-corrected chi connectivity index (χ4v) is 4.89. The van der Waals surface area contributed by atoms with Crippen LogP contribution < -0.4 is 10.6 Å². The fourth-order valence-electron chi connectivity index (χ4n) is 4.89. The summed E-state index contributed by atoms with van der Waals surface area (Å²) in [5.74, 6) is -0.169. The fraction of sp³-hybridized carbons (Fsp3) is 0.500. The van der Waals surface area contributed by atoms with Crippen molar-refractivity contribution in [2.75, 3.05) is 11.9 Å². The lowest BCUT2D eigenvalue weighted by Gasteiger charge is -2.40. The predicted octanol–water partition coefficient (Wildman–Crippen LogP) is 4.01. The Morgan fingerprint density at radius 1 is 1.23 bits per heavy atom. The maximum absolute atomic E-state index is 13.1. The molecule has 31 heavy (non-hydrogen) atoms. The van der Waals surface area contributed by atoms with Gasteiger partial charge in [0, 0.05) is 11.6 Å². The Morgan fingerprint density at radius 2 is 1.94 bits per heavy atom. The molecule has 0 unspecified atom stereocenters. The van der Waals surface area contributed by atoms with Gasteiger partial charge in [-0.1, -0.05) is 26.8 Å². The Bertz CT molecular complexity index is 1050. The van der Waals surface area contributed by atoms with Crippen LogP contribution in [0.2, 0.25) is 0 Å². The largest absolute Gasteiger partial charge is 0.325 e. The number of benzene rings is 1. The van der Waals surface area contributed by atoms with Crippen molar-refractivity contribution >= 4 is 34.4 Å². The average molecular weight is 423 g/mol. The summed E-state index contributed by atoms with van der Waals surface area (Å²) in [7, 11) is 0. The molecule has 0 radical (unpaired) electrons. The highest BCUT2D eigenvalue weighted by Crippen LogP contribution is 2.43. The van der Waals surface area contributed by atoms with Crippen LogP contribution in [0.1, 0.15) is 52.0 Å². The second kappa shape index (κ2) is 7.62. The number of carbonyl (C=O) groups excluding carboxylic acids is 3. The van der Waals surface area contributed by atoms with Gasteiger partial charge in [-0.15, -0.1) is 0 Å². The number of aromatic nitrogens is 1. The number of hydrogen-bond donors (Lipinski definition) is 2. The van der Waals surface area contributed by atoms with Gasteiger partial charge in [0.25, 0.3) is 5.91 Å². The van der Waals surface area contributed by atoms with Crippen LogP contribution in [0.15, 0.2) is 30.5 Å². The molecule has 2 aliphatic rings. The maximum atomic E-state index is 13.1. The third-order valence-electron chi connectivity index (χ3n) is 6.86. The molecule has 0 bridgehead atoms. The molecule has 0 atom stereocenters. The standard InChI is InChI=1S/C24H30N4O3/c1-15-7-8-18(17-6-5-13-25-20(15)17)26-19(29)14-28-21(30)24(27-22(28)31)11-9-16(10-12-24)23(2,3)4/h5-8,13,16H,9-12,14H2,1-4H3,(H,26,29)(H,27,31). The Kier molecular flexibility index (Phi) is 5.23. The van der Waals surface area contributed by atoms with E-state index in [1.807, 2.05) is 31.2 Å². The van der Waals surface area contributed by atoms with Crippen molar-refractivity contribution in [3.05, 3.63) is 36.0 Å². The van der Waals surface area contributed by atoms with Crippen LogP contribution in [0.5, 0.6) is 0 Å². The van der Waals surface area contributed by atoms with E-state index in [1.165, 1.54) is 0 Å². The van der Waals surface area contributed by atoms with Crippen molar-refractivity contribution in [1.82, 2.24) is 15.2 Å². The van der Waals surface area contributed by atoms with Gasteiger partial charge in [0.15, 0.2) is 0 Å². The highest BCUT2D eigenvalue weighted by Gasteiger charge is 2.53. The SMILES string of the molecule is Cc1ccc(NC(=O)CN2C(=O)NC3(CCC(C(C)(C)C)CC3)C2=O)c2cccnc12. The van der Waals surface area contributed by atoms with Crippen molar-refractivity contribution in [1.29, 1.82) is 0 Å². The number of imide groups is 1. The Hall–Kier alpha value is -2.96.